The highest BCUT2D eigenvalue weighted by atomic mass is 16.4. The number of rotatable bonds is 6. The van der Waals surface area contributed by atoms with E-state index in [0.717, 1.165) is 19.3 Å². The van der Waals surface area contributed by atoms with E-state index in [1.165, 1.54) is 0 Å². The van der Waals surface area contributed by atoms with Crippen LogP contribution in [-0.4, -0.2) is 35.0 Å². The Morgan fingerprint density at radius 1 is 1.21 bits per heavy atom. The molecule has 4 heteroatoms. The molecule has 0 heterocycles. The average Bonchev–Trinajstić information content (AvgIpc) is 2.36. The molecule has 0 saturated heterocycles. The van der Waals surface area contributed by atoms with E-state index in [0.29, 0.717) is 31.8 Å². The first-order valence-electron chi connectivity index (χ1n) is 7.42. The highest BCUT2D eigenvalue weighted by Gasteiger charge is 2.42. The number of carboxylic acid groups (broad SMARTS) is 1. The Bertz CT molecular complexity index is 319. The van der Waals surface area contributed by atoms with E-state index in [9.17, 15) is 14.7 Å². The molecule has 110 valence electrons. The van der Waals surface area contributed by atoms with E-state index in [-0.39, 0.29) is 12.3 Å². The third-order valence-electron chi connectivity index (χ3n) is 4.07. The van der Waals surface area contributed by atoms with Crippen molar-refractivity contribution in [2.24, 2.45) is 11.3 Å². The molecule has 0 radical (unpaired) electrons. The lowest BCUT2D eigenvalue weighted by Crippen LogP contribution is -2.42. The molecule has 1 aliphatic rings. The Morgan fingerprint density at radius 2 is 1.79 bits per heavy atom. The summed E-state index contributed by atoms with van der Waals surface area (Å²) in [6.45, 7) is 7.47. The summed E-state index contributed by atoms with van der Waals surface area (Å²) in [6.07, 6.45) is 4.40. The molecular weight excluding hydrogens is 242 g/mol. The molecule has 0 aromatic heterocycles. The van der Waals surface area contributed by atoms with Gasteiger partial charge in [0.15, 0.2) is 0 Å². The van der Waals surface area contributed by atoms with Crippen molar-refractivity contribution in [2.75, 3.05) is 13.1 Å². The number of amides is 1. The van der Waals surface area contributed by atoms with Gasteiger partial charge < -0.3 is 10.0 Å². The molecule has 0 atom stereocenters. The molecule has 0 aromatic rings. The number of carbonyl (C=O) groups is 2. The number of carboxylic acids is 1. The monoisotopic (exact) mass is 269 g/mol. The zero-order valence-corrected chi connectivity index (χ0v) is 12.4. The molecule has 0 aromatic carbocycles. The minimum Gasteiger partial charge on any atom is -0.481 e. The van der Waals surface area contributed by atoms with Crippen molar-refractivity contribution in [1.29, 1.82) is 0 Å². The summed E-state index contributed by atoms with van der Waals surface area (Å²) in [5, 5.41) is 9.50. The molecule has 0 aliphatic heterocycles. The van der Waals surface area contributed by atoms with Gasteiger partial charge in [0.05, 0.1) is 5.41 Å². The number of aliphatic carboxylic acids is 1. The van der Waals surface area contributed by atoms with Gasteiger partial charge in [0, 0.05) is 19.5 Å². The standard InChI is InChI=1S/C15H27NO3/c1-4-16(11-12(2)3)13(17)10-15(14(18)19)8-6-5-7-9-15/h12H,4-11H2,1-3H3,(H,18,19). The number of carbonyl (C=O) groups excluding carboxylic acids is 1. The molecule has 4 nitrogen and oxygen atoms in total. The second-order valence-electron chi connectivity index (χ2n) is 6.15. The third kappa shape index (κ3) is 4.22. The largest absolute Gasteiger partial charge is 0.481 e. The van der Waals surface area contributed by atoms with Crippen molar-refractivity contribution < 1.29 is 14.7 Å². The van der Waals surface area contributed by atoms with Gasteiger partial charge in [0.1, 0.15) is 0 Å². The van der Waals surface area contributed by atoms with E-state index >= 15 is 0 Å². The van der Waals surface area contributed by atoms with E-state index in [1.807, 2.05) is 6.92 Å². The second kappa shape index (κ2) is 6.92. The van der Waals surface area contributed by atoms with Crippen molar-refractivity contribution >= 4 is 11.9 Å². The van der Waals surface area contributed by atoms with Crippen LogP contribution in [0.3, 0.4) is 0 Å². The highest BCUT2D eigenvalue weighted by molar-refractivity contribution is 5.85. The van der Waals surface area contributed by atoms with Crippen LogP contribution in [-0.2, 0) is 9.59 Å². The van der Waals surface area contributed by atoms with Crippen LogP contribution in [0.5, 0.6) is 0 Å². The van der Waals surface area contributed by atoms with Gasteiger partial charge in [-0.25, -0.2) is 0 Å². The van der Waals surface area contributed by atoms with Crippen LogP contribution in [0, 0.1) is 11.3 Å². The lowest BCUT2D eigenvalue weighted by molar-refractivity contribution is -0.156. The van der Waals surface area contributed by atoms with Crippen LogP contribution >= 0.6 is 0 Å². The molecule has 0 spiro atoms. The summed E-state index contributed by atoms with van der Waals surface area (Å²) >= 11 is 0. The van der Waals surface area contributed by atoms with Crippen LogP contribution in [0.15, 0.2) is 0 Å². The highest BCUT2D eigenvalue weighted by Crippen LogP contribution is 2.40. The van der Waals surface area contributed by atoms with E-state index in [1.54, 1.807) is 4.90 Å². The Morgan fingerprint density at radius 3 is 2.21 bits per heavy atom. The molecule has 0 bridgehead atoms. The summed E-state index contributed by atoms with van der Waals surface area (Å²) in [5.74, 6) is -0.377. The molecule has 1 rings (SSSR count). The lowest BCUT2D eigenvalue weighted by Gasteiger charge is -2.34. The second-order valence-corrected chi connectivity index (χ2v) is 6.15. The Kier molecular flexibility index (Phi) is 5.83. The fraction of sp³-hybridized carbons (Fsp3) is 0.867. The van der Waals surface area contributed by atoms with Crippen molar-refractivity contribution in [3.05, 3.63) is 0 Å². The van der Waals surface area contributed by atoms with E-state index in [4.69, 9.17) is 0 Å². The Hall–Kier alpha value is -1.06. The van der Waals surface area contributed by atoms with Gasteiger partial charge in [-0.1, -0.05) is 33.1 Å². The molecule has 1 saturated carbocycles. The van der Waals surface area contributed by atoms with Gasteiger partial charge in [0.2, 0.25) is 5.91 Å². The summed E-state index contributed by atoms with van der Waals surface area (Å²) in [4.78, 5) is 25.7. The molecule has 19 heavy (non-hydrogen) atoms. The van der Waals surface area contributed by atoms with Gasteiger partial charge in [-0.2, -0.15) is 0 Å². The minimum atomic E-state index is -0.806. The van der Waals surface area contributed by atoms with Gasteiger partial charge in [-0.05, 0) is 25.7 Å². The van der Waals surface area contributed by atoms with Crippen LogP contribution in [0.2, 0.25) is 0 Å². The van der Waals surface area contributed by atoms with Crippen molar-refractivity contribution in [3.63, 3.8) is 0 Å². The lowest BCUT2D eigenvalue weighted by atomic mass is 9.71. The normalized spacial score (nSPS) is 18.3. The Labute approximate surface area is 116 Å². The summed E-state index contributed by atoms with van der Waals surface area (Å²) in [7, 11) is 0. The van der Waals surface area contributed by atoms with Crippen LogP contribution in [0.1, 0.15) is 59.3 Å². The van der Waals surface area contributed by atoms with Gasteiger partial charge >= 0.3 is 5.97 Å². The fourth-order valence-corrected chi connectivity index (χ4v) is 2.94. The SMILES string of the molecule is CCN(CC(C)C)C(=O)CC1(C(=O)O)CCCCC1. The van der Waals surface area contributed by atoms with Crippen molar-refractivity contribution in [1.82, 2.24) is 4.90 Å². The van der Waals surface area contributed by atoms with Crippen LogP contribution < -0.4 is 0 Å². The molecule has 0 unspecified atom stereocenters. The summed E-state index contributed by atoms with van der Waals surface area (Å²) < 4.78 is 0. The summed E-state index contributed by atoms with van der Waals surface area (Å²) in [6, 6.07) is 0. The zero-order valence-electron chi connectivity index (χ0n) is 12.4. The number of hydrogen-bond acceptors (Lipinski definition) is 2. The van der Waals surface area contributed by atoms with Crippen LogP contribution in [0.25, 0.3) is 0 Å². The maximum atomic E-state index is 12.4. The van der Waals surface area contributed by atoms with Gasteiger partial charge in [-0.15, -0.1) is 0 Å². The van der Waals surface area contributed by atoms with E-state index in [2.05, 4.69) is 13.8 Å². The maximum Gasteiger partial charge on any atom is 0.310 e. The first-order valence-corrected chi connectivity index (χ1v) is 7.42. The zero-order chi connectivity index (χ0) is 14.5. The first-order chi connectivity index (χ1) is 8.91. The average molecular weight is 269 g/mol. The molecule has 1 N–H and O–H groups in total. The van der Waals surface area contributed by atoms with Gasteiger partial charge in [-0.3, -0.25) is 9.59 Å². The predicted molar refractivity (Wildman–Crippen MR) is 74.9 cm³/mol. The Balaban J connectivity index is 2.72. The number of nitrogens with zero attached hydrogens (tertiary/aromatic N) is 1. The van der Waals surface area contributed by atoms with E-state index < -0.39 is 11.4 Å². The van der Waals surface area contributed by atoms with Gasteiger partial charge in [0.25, 0.3) is 0 Å². The predicted octanol–water partition coefficient (Wildman–Crippen LogP) is 2.92. The van der Waals surface area contributed by atoms with Crippen LogP contribution in [0.4, 0.5) is 0 Å². The third-order valence-corrected chi connectivity index (χ3v) is 4.07. The van der Waals surface area contributed by atoms with Crippen molar-refractivity contribution in [2.45, 2.75) is 59.3 Å². The minimum absolute atomic E-state index is 0.000463. The van der Waals surface area contributed by atoms with Crippen molar-refractivity contribution in [3.8, 4) is 0 Å². The first kappa shape index (κ1) is 16.0. The summed E-state index contributed by atoms with van der Waals surface area (Å²) in [5.41, 5.74) is -0.806. The molecule has 1 aliphatic carbocycles. The number of hydrogen-bond donors (Lipinski definition) is 1. The maximum absolute atomic E-state index is 12.4. The smallest absolute Gasteiger partial charge is 0.310 e. The molecule has 1 fully saturated rings. The quantitative estimate of drug-likeness (QED) is 0.806. The topological polar surface area (TPSA) is 57.6 Å². The molecular formula is C15H27NO3. The molecule has 1 amide bonds. The fourth-order valence-electron chi connectivity index (χ4n) is 2.94.